The van der Waals surface area contributed by atoms with Crippen molar-refractivity contribution in [2.45, 2.75) is 42.8 Å². The molecule has 0 aliphatic heterocycles. The first-order valence-corrected chi connectivity index (χ1v) is 11.0. The van der Waals surface area contributed by atoms with Crippen LogP contribution in [0.3, 0.4) is 0 Å². The maximum absolute atomic E-state index is 12.9. The lowest BCUT2D eigenvalue weighted by atomic mass is 10.1. The number of halogens is 3. The van der Waals surface area contributed by atoms with Gasteiger partial charge in [0.15, 0.2) is 14.9 Å². The predicted molar refractivity (Wildman–Crippen MR) is 107 cm³/mol. The van der Waals surface area contributed by atoms with Crippen molar-refractivity contribution in [2.75, 3.05) is 5.01 Å². The van der Waals surface area contributed by atoms with E-state index in [-0.39, 0.29) is 16.8 Å². The Hall–Kier alpha value is -2.81. The molecule has 4 rings (SSSR count). The molecule has 1 aromatic heterocycles. The largest absolute Gasteiger partial charge is 0.416 e. The summed E-state index contributed by atoms with van der Waals surface area (Å²) in [6, 6.07) is 14.2. The molecule has 1 saturated carbocycles. The van der Waals surface area contributed by atoms with Gasteiger partial charge >= 0.3 is 6.18 Å². The summed E-state index contributed by atoms with van der Waals surface area (Å²) in [7, 11) is -3.46. The molecule has 3 aromatic rings. The number of benzene rings is 2. The number of nitrogens with zero attached hydrogens (tertiary/aromatic N) is 3. The second kappa shape index (κ2) is 7.46. The SMILES string of the molecule is Cc1nc(S(=O)(=O)C2CC2)cn1N(Cc1ccc(C(F)(F)F)cc1)c1ccccc1. The van der Waals surface area contributed by atoms with E-state index in [1.165, 1.54) is 18.3 Å². The van der Waals surface area contributed by atoms with Crippen LogP contribution >= 0.6 is 0 Å². The van der Waals surface area contributed by atoms with Gasteiger partial charge in [0.2, 0.25) is 0 Å². The summed E-state index contributed by atoms with van der Waals surface area (Å²) in [5, 5.41) is 1.44. The fourth-order valence-electron chi connectivity index (χ4n) is 3.23. The number of rotatable bonds is 6. The third kappa shape index (κ3) is 4.07. The molecule has 158 valence electrons. The highest BCUT2D eigenvalue weighted by Gasteiger charge is 2.39. The first-order valence-electron chi connectivity index (χ1n) is 9.45. The van der Waals surface area contributed by atoms with Crippen LogP contribution in [0.4, 0.5) is 18.9 Å². The summed E-state index contributed by atoms with van der Waals surface area (Å²) in [5.74, 6) is 0.477. The molecule has 0 saturated heterocycles. The number of hydrogen-bond acceptors (Lipinski definition) is 4. The fourth-order valence-corrected chi connectivity index (χ4v) is 4.84. The molecule has 0 unspecified atom stereocenters. The molecule has 1 aliphatic rings. The number of sulfone groups is 1. The standard InChI is InChI=1S/C21H20F3N3O2S/c1-15-25-20(30(28,29)19-11-12-19)14-26(15)27(18-5-3-2-4-6-18)13-16-7-9-17(10-8-16)21(22,23)24/h2-10,14,19H,11-13H2,1H3. The predicted octanol–water partition coefficient (Wildman–Crippen LogP) is 4.62. The van der Waals surface area contributed by atoms with Gasteiger partial charge in [-0.15, -0.1) is 0 Å². The molecule has 0 N–H and O–H groups in total. The van der Waals surface area contributed by atoms with Gasteiger partial charge in [-0.2, -0.15) is 13.2 Å². The van der Waals surface area contributed by atoms with Gasteiger partial charge in [-0.1, -0.05) is 30.3 Å². The molecule has 0 bridgehead atoms. The molecule has 1 aliphatic carbocycles. The molecule has 1 heterocycles. The normalized spacial score (nSPS) is 14.7. The number of hydrogen-bond donors (Lipinski definition) is 0. The maximum Gasteiger partial charge on any atom is 0.416 e. The molecule has 0 amide bonds. The Morgan fingerprint density at radius 3 is 2.27 bits per heavy atom. The highest BCUT2D eigenvalue weighted by atomic mass is 32.2. The zero-order valence-corrected chi connectivity index (χ0v) is 17.0. The number of alkyl halides is 3. The summed E-state index contributed by atoms with van der Waals surface area (Å²) >= 11 is 0. The lowest BCUT2D eigenvalue weighted by molar-refractivity contribution is -0.137. The van der Waals surface area contributed by atoms with Crippen molar-refractivity contribution < 1.29 is 21.6 Å². The topological polar surface area (TPSA) is 55.2 Å². The summed E-state index contributed by atoms with van der Waals surface area (Å²) in [6.45, 7) is 1.94. The number of aryl methyl sites for hydroxylation is 1. The molecule has 0 spiro atoms. The zero-order valence-electron chi connectivity index (χ0n) is 16.2. The minimum atomic E-state index is -4.40. The summed E-state index contributed by atoms with van der Waals surface area (Å²) in [5.41, 5.74) is 0.689. The van der Waals surface area contributed by atoms with E-state index in [1.54, 1.807) is 16.6 Å². The van der Waals surface area contributed by atoms with Crippen LogP contribution in [0.2, 0.25) is 0 Å². The van der Waals surface area contributed by atoms with Crippen LogP contribution in [0.5, 0.6) is 0 Å². The van der Waals surface area contributed by atoms with Crippen LogP contribution in [-0.2, 0) is 22.6 Å². The number of anilines is 1. The first-order chi connectivity index (χ1) is 14.2. The quantitative estimate of drug-likeness (QED) is 0.567. The molecular formula is C21H20F3N3O2S. The summed E-state index contributed by atoms with van der Waals surface area (Å²) in [4.78, 5) is 4.26. The van der Waals surface area contributed by atoms with E-state index in [9.17, 15) is 21.6 Å². The minimum Gasteiger partial charge on any atom is -0.276 e. The van der Waals surface area contributed by atoms with Crippen LogP contribution in [-0.4, -0.2) is 23.3 Å². The number of aromatic nitrogens is 2. The Labute approximate surface area is 172 Å². The molecule has 2 aromatic carbocycles. The number of para-hydroxylation sites is 1. The number of imidazole rings is 1. The molecule has 30 heavy (non-hydrogen) atoms. The smallest absolute Gasteiger partial charge is 0.276 e. The van der Waals surface area contributed by atoms with Crippen molar-refractivity contribution in [1.82, 2.24) is 9.66 Å². The second-order valence-corrected chi connectivity index (χ2v) is 9.48. The van der Waals surface area contributed by atoms with Crippen molar-refractivity contribution in [3.8, 4) is 0 Å². The third-order valence-corrected chi connectivity index (χ3v) is 7.15. The lowest BCUT2D eigenvalue weighted by Gasteiger charge is -2.27. The van der Waals surface area contributed by atoms with Crippen molar-refractivity contribution in [2.24, 2.45) is 0 Å². The van der Waals surface area contributed by atoms with Gasteiger partial charge in [-0.05, 0) is 49.6 Å². The van der Waals surface area contributed by atoms with E-state index in [0.29, 0.717) is 24.2 Å². The van der Waals surface area contributed by atoms with Crippen molar-refractivity contribution in [1.29, 1.82) is 0 Å². The van der Waals surface area contributed by atoms with Crippen LogP contribution < -0.4 is 5.01 Å². The van der Waals surface area contributed by atoms with Crippen molar-refractivity contribution in [3.63, 3.8) is 0 Å². The third-order valence-electron chi connectivity index (χ3n) is 5.02. The van der Waals surface area contributed by atoms with Crippen molar-refractivity contribution >= 4 is 15.5 Å². The van der Waals surface area contributed by atoms with E-state index < -0.39 is 21.6 Å². The zero-order chi connectivity index (χ0) is 21.5. The Morgan fingerprint density at radius 2 is 1.70 bits per heavy atom. The second-order valence-electron chi connectivity index (χ2n) is 7.30. The average Bonchev–Trinajstić information content (AvgIpc) is 3.50. The van der Waals surface area contributed by atoms with Gasteiger partial charge in [0.05, 0.1) is 29.2 Å². The van der Waals surface area contributed by atoms with E-state index in [0.717, 1.165) is 17.8 Å². The van der Waals surface area contributed by atoms with Gasteiger partial charge in [0.1, 0.15) is 5.82 Å². The Balaban J connectivity index is 1.71. The lowest BCUT2D eigenvalue weighted by Crippen LogP contribution is -2.29. The van der Waals surface area contributed by atoms with E-state index in [4.69, 9.17) is 0 Å². The molecular weight excluding hydrogens is 415 g/mol. The van der Waals surface area contributed by atoms with Crippen LogP contribution in [0, 0.1) is 6.92 Å². The Morgan fingerprint density at radius 1 is 1.07 bits per heavy atom. The molecule has 0 radical (unpaired) electrons. The molecule has 0 atom stereocenters. The first kappa shape index (κ1) is 20.5. The summed E-state index contributed by atoms with van der Waals surface area (Å²) in [6.07, 6.45) is -1.63. The minimum absolute atomic E-state index is 0.0239. The van der Waals surface area contributed by atoms with E-state index in [2.05, 4.69) is 4.98 Å². The maximum atomic E-state index is 12.9. The molecule has 9 heteroatoms. The highest BCUT2D eigenvalue weighted by Crippen LogP contribution is 2.34. The van der Waals surface area contributed by atoms with Gasteiger partial charge < -0.3 is 0 Å². The molecule has 1 fully saturated rings. The fraction of sp³-hybridized carbons (Fsp3) is 0.286. The van der Waals surface area contributed by atoms with E-state index >= 15 is 0 Å². The van der Waals surface area contributed by atoms with E-state index in [1.807, 2.05) is 30.3 Å². The van der Waals surface area contributed by atoms with Gasteiger partial charge in [0, 0.05) is 0 Å². The van der Waals surface area contributed by atoms with Gasteiger partial charge in [0.25, 0.3) is 0 Å². The van der Waals surface area contributed by atoms with Gasteiger partial charge in [-0.25, -0.2) is 18.1 Å². The van der Waals surface area contributed by atoms with Crippen LogP contribution in [0.1, 0.15) is 29.8 Å². The summed E-state index contributed by atoms with van der Waals surface area (Å²) < 4.78 is 65.5. The van der Waals surface area contributed by atoms with Crippen LogP contribution in [0.25, 0.3) is 0 Å². The molecule has 5 nitrogen and oxygen atoms in total. The Kier molecular flexibility index (Phi) is 5.09. The Bertz CT molecular complexity index is 1140. The van der Waals surface area contributed by atoms with Gasteiger partial charge in [-0.3, -0.25) is 5.01 Å². The monoisotopic (exact) mass is 435 g/mol. The highest BCUT2D eigenvalue weighted by molar-refractivity contribution is 7.92. The van der Waals surface area contributed by atoms with Crippen molar-refractivity contribution in [3.05, 3.63) is 77.7 Å². The van der Waals surface area contributed by atoms with Crippen LogP contribution in [0.15, 0.2) is 65.8 Å². The average molecular weight is 435 g/mol.